The summed E-state index contributed by atoms with van der Waals surface area (Å²) < 4.78 is 10.6. The molecule has 1 unspecified atom stereocenters. The highest BCUT2D eigenvalue weighted by Crippen LogP contribution is 2.31. The van der Waals surface area contributed by atoms with Crippen molar-refractivity contribution in [3.05, 3.63) is 59.1 Å². The van der Waals surface area contributed by atoms with Crippen LogP contribution in [0.5, 0.6) is 11.5 Å². The first-order chi connectivity index (χ1) is 10.9. The van der Waals surface area contributed by atoms with Gasteiger partial charge in [-0.15, -0.1) is 0 Å². The molecule has 0 saturated heterocycles. The highest BCUT2D eigenvalue weighted by atomic mass is 35.5. The number of aliphatic hydroxyl groups is 1. The van der Waals surface area contributed by atoms with Crippen molar-refractivity contribution in [2.45, 2.75) is 25.9 Å². The van der Waals surface area contributed by atoms with E-state index in [0.717, 1.165) is 5.56 Å². The fourth-order valence-electron chi connectivity index (χ4n) is 2.07. The number of hydrogen-bond acceptors (Lipinski definition) is 4. The van der Waals surface area contributed by atoms with E-state index in [4.69, 9.17) is 21.1 Å². The highest BCUT2D eigenvalue weighted by molar-refractivity contribution is 6.32. The second-order valence-corrected chi connectivity index (χ2v) is 5.83. The number of benzene rings is 2. The molecule has 1 atom stereocenters. The van der Waals surface area contributed by atoms with Crippen molar-refractivity contribution < 1.29 is 19.4 Å². The summed E-state index contributed by atoms with van der Waals surface area (Å²) in [6, 6.07) is 14.3. The number of carbonyl (C=O) groups is 1. The molecule has 0 heterocycles. The van der Waals surface area contributed by atoms with Gasteiger partial charge >= 0.3 is 5.97 Å². The molecule has 0 fully saturated rings. The minimum absolute atomic E-state index is 0.167. The third-order valence-corrected chi connectivity index (χ3v) is 3.75. The van der Waals surface area contributed by atoms with Crippen LogP contribution in [0.4, 0.5) is 0 Å². The molecule has 0 aliphatic carbocycles. The Bertz CT molecular complexity index is 665. The van der Waals surface area contributed by atoms with Gasteiger partial charge in [-0.25, -0.2) is 0 Å². The lowest BCUT2D eigenvalue weighted by atomic mass is 9.93. The molecular formula is C18H19ClO4. The van der Waals surface area contributed by atoms with E-state index in [9.17, 15) is 9.90 Å². The summed E-state index contributed by atoms with van der Waals surface area (Å²) in [4.78, 5) is 10.8. The third-order valence-electron chi connectivity index (χ3n) is 3.43. The van der Waals surface area contributed by atoms with Crippen LogP contribution >= 0.6 is 11.6 Å². The van der Waals surface area contributed by atoms with Gasteiger partial charge in [0, 0.05) is 13.3 Å². The zero-order chi connectivity index (χ0) is 16.9. The first-order valence-electron chi connectivity index (χ1n) is 7.27. The molecule has 122 valence electrons. The second kappa shape index (κ2) is 7.49. The average Bonchev–Trinajstić information content (AvgIpc) is 2.49. The quantitative estimate of drug-likeness (QED) is 0.800. The number of halogens is 1. The molecule has 0 aliphatic heterocycles. The Labute approximate surface area is 140 Å². The van der Waals surface area contributed by atoms with Crippen LogP contribution in [-0.2, 0) is 15.1 Å². The average molecular weight is 335 g/mol. The molecular weight excluding hydrogens is 316 g/mol. The SMILES string of the molecule is CC(=O)OCCC(C)(O)c1ccc(Oc2ccccc2Cl)cc1. The van der Waals surface area contributed by atoms with E-state index in [0.29, 0.717) is 22.9 Å². The topological polar surface area (TPSA) is 55.8 Å². The van der Waals surface area contributed by atoms with Crippen LogP contribution in [0.15, 0.2) is 48.5 Å². The maximum atomic E-state index is 10.8. The Balaban J connectivity index is 2.03. The standard InChI is InChI=1S/C18H19ClO4/c1-13(20)22-12-11-18(2,21)14-7-9-15(10-8-14)23-17-6-4-3-5-16(17)19/h3-10,21H,11-12H2,1-2H3. The summed E-state index contributed by atoms with van der Waals surface area (Å²) in [6.07, 6.45) is 0.317. The first-order valence-corrected chi connectivity index (χ1v) is 7.65. The van der Waals surface area contributed by atoms with Gasteiger partial charge in [-0.2, -0.15) is 0 Å². The lowest BCUT2D eigenvalue weighted by Gasteiger charge is -2.23. The number of esters is 1. The van der Waals surface area contributed by atoms with Crippen molar-refractivity contribution in [3.8, 4) is 11.5 Å². The van der Waals surface area contributed by atoms with E-state index < -0.39 is 5.60 Å². The van der Waals surface area contributed by atoms with Gasteiger partial charge < -0.3 is 14.6 Å². The summed E-state index contributed by atoms with van der Waals surface area (Å²) in [7, 11) is 0. The maximum absolute atomic E-state index is 10.8. The van der Waals surface area contributed by atoms with Crippen molar-refractivity contribution in [3.63, 3.8) is 0 Å². The van der Waals surface area contributed by atoms with Gasteiger partial charge in [-0.1, -0.05) is 35.9 Å². The fraction of sp³-hybridized carbons (Fsp3) is 0.278. The molecule has 0 aromatic heterocycles. The van der Waals surface area contributed by atoms with Gasteiger partial charge in [0.1, 0.15) is 11.5 Å². The number of ether oxygens (including phenoxy) is 2. The van der Waals surface area contributed by atoms with E-state index in [1.54, 1.807) is 43.3 Å². The molecule has 0 bridgehead atoms. The molecule has 2 aromatic carbocycles. The molecule has 5 heteroatoms. The number of para-hydroxylation sites is 1. The summed E-state index contributed by atoms with van der Waals surface area (Å²) >= 11 is 6.05. The van der Waals surface area contributed by atoms with E-state index in [1.165, 1.54) is 6.92 Å². The smallest absolute Gasteiger partial charge is 0.302 e. The minimum Gasteiger partial charge on any atom is -0.466 e. The molecule has 23 heavy (non-hydrogen) atoms. The third kappa shape index (κ3) is 4.98. The monoisotopic (exact) mass is 334 g/mol. The van der Waals surface area contributed by atoms with E-state index in [1.807, 2.05) is 12.1 Å². The van der Waals surface area contributed by atoms with Crippen LogP contribution in [-0.4, -0.2) is 17.7 Å². The van der Waals surface area contributed by atoms with Crippen LogP contribution in [0.2, 0.25) is 5.02 Å². The van der Waals surface area contributed by atoms with Crippen molar-refractivity contribution >= 4 is 17.6 Å². The summed E-state index contributed by atoms with van der Waals surface area (Å²) in [6.45, 7) is 3.19. The molecule has 0 saturated carbocycles. The van der Waals surface area contributed by atoms with Crippen LogP contribution in [0.25, 0.3) is 0 Å². The Morgan fingerprint density at radius 1 is 1.17 bits per heavy atom. The van der Waals surface area contributed by atoms with Crippen LogP contribution in [0, 0.1) is 0 Å². The van der Waals surface area contributed by atoms with Gasteiger partial charge in [0.2, 0.25) is 0 Å². The zero-order valence-electron chi connectivity index (χ0n) is 13.1. The van der Waals surface area contributed by atoms with Gasteiger partial charge in [0.05, 0.1) is 17.2 Å². The Kier molecular flexibility index (Phi) is 5.64. The molecule has 0 aliphatic rings. The molecule has 0 radical (unpaired) electrons. The summed E-state index contributed by atoms with van der Waals surface area (Å²) in [5.74, 6) is 0.838. The molecule has 0 spiro atoms. The van der Waals surface area contributed by atoms with Gasteiger partial charge in [0.25, 0.3) is 0 Å². The Morgan fingerprint density at radius 2 is 1.83 bits per heavy atom. The second-order valence-electron chi connectivity index (χ2n) is 5.42. The Morgan fingerprint density at radius 3 is 2.43 bits per heavy atom. The predicted molar refractivity (Wildman–Crippen MR) is 88.8 cm³/mol. The summed E-state index contributed by atoms with van der Waals surface area (Å²) in [5, 5.41) is 11.0. The predicted octanol–water partition coefficient (Wildman–Crippen LogP) is 4.29. The van der Waals surface area contributed by atoms with Crippen LogP contribution < -0.4 is 4.74 Å². The number of carbonyl (C=O) groups excluding carboxylic acids is 1. The fourth-order valence-corrected chi connectivity index (χ4v) is 2.25. The number of rotatable bonds is 6. The largest absolute Gasteiger partial charge is 0.466 e. The highest BCUT2D eigenvalue weighted by Gasteiger charge is 2.23. The number of hydrogen-bond donors (Lipinski definition) is 1. The lowest BCUT2D eigenvalue weighted by molar-refractivity contribution is -0.142. The van der Waals surface area contributed by atoms with Crippen molar-refractivity contribution in [2.75, 3.05) is 6.61 Å². The minimum atomic E-state index is -1.08. The van der Waals surface area contributed by atoms with Crippen molar-refractivity contribution in [1.82, 2.24) is 0 Å². The Hall–Kier alpha value is -2.04. The molecule has 2 aromatic rings. The van der Waals surface area contributed by atoms with Crippen LogP contribution in [0.3, 0.4) is 0 Å². The maximum Gasteiger partial charge on any atom is 0.302 e. The van der Waals surface area contributed by atoms with Crippen LogP contribution in [0.1, 0.15) is 25.8 Å². The zero-order valence-corrected chi connectivity index (χ0v) is 13.8. The van der Waals surface area contributed by atoms with E-state index >= 15 is 0 Å². The molecule has 2 rings (SSSR count). The van der Waals surface area contributed by atoms with Gasteiger partial charge in [-0.3, -0.25) is 4.79 Å². The lowest BCUT2D eigenvalue weighted by Crippen LogP contribution is -2.23. The summed E-state index contributed by atoms with van der Waals surface area (Å²) in [5.41, 5.74) is -0.366. The van der Waals surface area contributed by atoms with Gasteiger partial charge in [-0.05, 0) is 36.8 Å². The van der Waals surface area contributed by atoms with E-state index in [2.05, 4.69) is 0 Å². The van der Waals surface area contributed by atoms with Gasteiger partial charge in [0.15, 0.2) is 0 Å². The van der Waals surface area contributed by atoms with Crippen molar-refractivity contribution in [2.24, 2.45) is 0 Å². The molecule has 0 amide bonds. The normalized spacial score (nSPS) is 13.2. The molecule has 4 nitrogen and oxygen atoms in total. The first kappa shape index (κ1) is 17.3. The van der Waals surface area contributed by atoms with Crippen molar-refractivity contribution in [1.29, 1.82) is 0 Å². The molecule has 1 N–H and O–H groups in total. The van der Waals surface area contributed by atoms with E-state index in [-0.39, 0.29) is 12.6 Å².